The van der Waals surface area contributed by atoms with E-state index in [0.717, 1.165) is 58.1 Å². The molecule has 2 heterocycles. The highest BCUT2D eigenvalue weighted by Gasteiger charge is 2.47. The number of fused-ring (bicyclic) bond motifs is 2. The van der Waals surface area contributed by atoms with Crippen LogP contribution >= 0.6 is 27.3 Å². The Balaban J connectivity index is 1.35. The van der Waals surface area contributed by atoms with Gasteiger partial charge in [0.1, 0.15) is 12.4 Å². The predicted octanol–water partition coefficient (Wildman–Crippen LogP) is 6.40. The maximum atomic E-state index is 12.3. The summed E-state index contributed by atoms with van der Waals surface area (Å²) in [5.41, 5.74) is 5.49. The van der Waals surface area contributed by atoms with Crippen LogP contribution in [0.3, 0.4) is 0 Å². The Bertz CT molecular complexity index is 1200. The summed E-state index contributed by atoms with van der Waals surface area (Å²) in [6.07, 6.45) is 2.18. The molecule has 1 aromatic heterocycles. The topological polar surface area (TPSA) is 51.7 Å². The first-order valence-corrected chi connectivity index (χ1v) is 13.4. The van der Waals surface area contributed by atoms with Gasteiger partial charge in [-0.2, -0.15) is 0 Å². The predicted molar refractivity (Wildman–Crippen MR) is 139 cm³/mol. The molecule has 1 aliphatic heterocycles. The zero-order valence-electron chi connectivity index (χ0n) is 19.7. The van der Waals surface area contributed by atoms with Crippen molar-refractivity contribution in [2.75, 3.05) is 25.1 Å². The lowest BCUT2D eigenvalue weighted by molar-refractivity contribution is -0.148. The number of hydrogen-bond acceptors (Lipinski definition) is 6. The van der Waals surface area contributed by atoms with Crippen LogP contribution in [0, 0.1) is 31.6 Å². The number of thiazole rings is 1. The molecule has 2 aliphatic rings. The quantitative estimate of drug-likeness (QED) is 0.338. The number of piperidine rings is 1. The van der Waals surface area contributed by atoms with E-state index in [1.807, 2.05) is 12.1 Å². The molecule has 2 fully saturated rings. The Labute approximate surface area is 213 Å². The fourth-order valence-electron chi connectivity index (χ4n) is 5.38. The molecule has 0 radical (unpaired) electrons. The second-order valence-corrected chi connectivity index (χ2v) is 11.2. The summed E-state index contributed by atoms with van der Waals surface area (Å²) >= 11 is 5.20. The van der Waals surface area contributed by atoms with Crippen molar-refractivity contribution in [3.8, 4) is 17.0 Å². The summed E-state index contributed by atoms with van der Waals surface area (Å²) < 4.78 is 12.4. The van der Waals surface area contributed by atoms with E-state index in [1.54, 1.807) is 11.3 Å². The van der Waals surface area contributed by atoms with Crippen molar-refractivity contribution in [1.82, 2.24) is 4.98 Å². The van der Waals surface area contributed by atoms with Gasteiger partial charge in [-0.05, 0) is 73.9 Å². The summed E-state index contributed by atoms with van der Waals surface area (Å²) in [7, 11) is 1.50. The van der Waals surface area contributed by atoms with E-state index in [4.69, 9.17) is 14.5 Å². The van der Waals surface area contributed by atoms with Gasteiger partial charge < -0.3 is 14.4 Å². The number of nitrogens with zero attached hydrogens (tertiary/aromatic N) is 2. The highest BCUT2D eigenvalue weighted by atomic mass is 79.9. The molecular weight excluding hydrogens is 512 g/mol. The van der Waals surface area contributed by atoms with Gasteiger partial charge in [0.15, 0.2) is 5.13 Å². The molecule has 34 heavy (non-hydrogen) atoms. The molecule has 1 aliphatic carbocycles. The zero-order chi connectivity index (χ0) is 23.8. The summed E-state index contributed by atoms with van der Waals surface area (Å²) in [6, 6.07) is 12.5. The van der Waals surface area contributed by atoms with Crippen LogP contribution in [0.4, 0.5) is 5.13 Å². The first-order valence-electron chi connectivity index (χ1n) is 11.7. The largest absolute Gasteiger partial charge is 0.488 e. The first kappa shape index (κ1) is 23.4. The molecular formula is C27H29BrN2O3S. The van der Waals surface area contributed by atoms with E-state index in [1.165, 1.54) is 18.2 Å². The van der Waals surface area contributed by atoms with Crippen LogP contribution in [-0.4, -0.2) is 31.2 Å². The van der Waals surface area contributed by atoms with Gasteiger partial charge in [0.2, 0.25) is 0 Å². The zero-order valence-corrected chi connectivity index (χ0v) is 22.1. The molecule has 3 aromatic rings. The Morgan fingerprint density at radius 3 is 2.62 bits per heavy atom. The van der Waals surface area contributed by atoms with Crippen molar-refractivity contribution in [3.63, 3.8) is 0 Å². The highest BCUT2D eigenvalue weighted by Crippen LogP contribution is 2.45. The second kappa shape index (κ2) is 9.70. The number of carbonyl (C=O) groups excluding carboxylic acids is 1. The van der Waals surface area contributed by atoms with E-state index in [9.17, 15) is 4.79 Å². The Morgan fingerprint density at radius 1 is 1.15 bits per heavy atom. The first-order chi connectivity index (χ1) is 16.4. The van der Waals surface area contributed by atoms with E-state index in [2.05, 4.69) is 64.3 Å². The van der Waals surface area contributed by atoms with E-state index in [0.29, 0.717) is 18.4 Å². The van der Waals surface area contributed by atoms with Crippen molar-refractivity contribution in [2.24, 2.45) is 17.8 Å². The molecule has 0 amide bonds. The number of ether oxygens (including phenoxy) is 2. The van der Waals surface area contributed by atoms with Crippen LogP contribution < -0.4 is 9.64 Å². The number of halogens is 1. The minimum atomic E-state index is -0.0467. The maximum absolute atomic E-state index is 12.3. The summed E-state index contributed by atoms with van der Waals surface area (Å²) in [5.74, 6) is 1.54. The van der Waals surface area contributed by atoms with Crippen LogP contribution in [0.5, 0.6) is 5.75 Å². The SMILES string of the molecule is COC(=O)C1C2CCC1CN(c1nc(-c3cc(C)ccc3OCc3ccc(Br)cc3C)cs1)C2. The molecule has 5 rings (SSSR count). The van der Waals surface area contributed by atoms with Gasteiger partial charge in [-0.1, -0.05) is 33.6 Å². The van der Waals surface area contributed by atoms with Crippen molar-refractivity contribution in [3.05, 3.63) is 62.9 Å². The van der Waals surface area contributed by atoms with Crippen LogP contribution in [0.15, 0.2) is 46.3 Å². The average molecular weight is 542 g/mol. The number of aryl methyl sites for hydroxylation is 2. The molecule has 178 valence electrons. The fourth-order valence-corrected chi connectivity index (χ4v) is 6.70. The van der Waals surface area contributed by atoms with Crippen LogP contribution in [0.25, 0.3) is 11.3 Å². The van der Waals surface area contributed by atoms with Gasteiger partial charge in [-0.3, -0.25) is 4.79 Å². The lowest BCUT2D eigenvalue weighted by Gasteiger charge is -2.36. The second-order valence-electron chi connectivity index (χ2n) is 9.43. The minimum absolute atomic E-state index is 0.0412. The third-order valence-corrected chi connectivity index (χ3v) is 8.56. The summed E-state index contributed by atoms with van der Waals surface area (Å²) in [6.45, 7) is 6.43. The van der Waals surface area contributed by atoms with Gasteiger partial charge in [0.25, 0.3) is 0 Å². The lowest BCUT2D eigenvalue weighted by Crippen LogP contribution is -2.45. The molecule has 0 spiro atoms. The molecule has 2 bridgehead atoms. The Morgan fingerprint density at radius 2 is 1.91 bits per heavy atom. The third-order valence-electron chi connectivity index (χ3n) is 7.17. The number of esters is 1. The highest BCUT2D eigenvalue weighted by molar-refractivity contribution is 9.10. The van der Waals surface area contributed by atoms with Crippen LogP contribution in [-0.2, 0) is 16.1 Å². The van der Waals surface area contributed by atoms with Gasteiger partial charge >= 0.3 is 5.97 Å². The Hall–Kier alpha value is -2.38. The number of rotatable bonds is 6. The molecule has 1 saturated carbocycles. The third kappa shape index (κ3) is 4.60. The number of carbonyl (C=O) groups is 1. The molecule has 0 N–H and O–H groups in total. The molecule has 5 nitrogen and oxygen atoms in total. The average Bonchev–Trinajstić information content (AvgIpc) is 3.41. The Kier molecular flexibility index (Phi) is 6.67. The fraction of sp³-hybridized carbons (Fsp3) is 0.407. The van der Waals surface area contributed by atoms with Gasteiger partial charge in [0, 0.05) is 28.5 Å². The molecule has 7 heteroatoms. The van der Waals surface area contributed by atoms with Crippen LogP contribution in [0.1, 0.15) is 29.5 Å². The molecule has 1 saturated heterocycles. The molecule has 2 aromatic carbocycles. The maximum Gasteiger partial charge on any atom is 0.309 e. The number of methoxy groups -OCH3 is 1. The monoisotopic (exact) mass is 540 g/mol. The number of benzene rings is 2. The summed E-state index contributed by atoms with van der Waals surface area (Å²) in [5, 5.41) is 3.14. The number of hydrogen-bond donors (Lipinski definition) is 0. The van der Waals surface area contributed by atoms with E-state index in [-0.39, 0.29) is 11.9 Å². The lowest BCUT2D eigenvalue weighted by atomic mass is 9.85. The molecule has 2 atom stereocenters. The number of aromatic nitrogens is 1. The minimum Gasteiger partial charge on any atom is -0.488 e. The summed E-state index contributed by atoms with van der Waals surface area (Å²) in [4.78, 5) is 19.6. The van der Waals surface area contributed by atoms with Crippen LogP contribution in [0.2, 0.25) is 0 Å². The molecule has 2 unspecified atom stereocenters. The van der Waals surface area contributed by atoms with E-state index < -0.39 is 0 Å². The van der Waals surface area contributed by atoms with Crippen molar-refractivity contribution >= 4 is 38.4 Å². The van der Waals surface area contributed by atoms with Gasteiger partial charge in [-0.25, -0.2) is 4.98 Å². The smallest absolute Gasteiger partial charge is 0.309 e. The van der Waals surface area contributed by atoms with E-state index >= 15 is 0 Å². The normalized spacial score (nSPS) is 21.5. The van der Waals surface area contributed by atoms with Crippen molar-refractivity contribution in [2.45, 2.75) is 33.3 Å². The van der Waals surface area contributed by atoms with Crippen molar-refractivity contribution < 1.29 is 14.3 Å². The van der Waals surface area contributed by atoms with Gasteiger partial charge in [0.05, 0.1) is 18.7 Å². The van der Waals surface area contributed by atoms with Crippen molar-refractivity contribution in [1.29, 1.82) is 0 Å². The van der Waals surface area contributed by atoms with Gasteiger partial charge in [-0.15, -0.1) is 11.3 Å². The standard InChI is InChI=1S/C27H29BrN2O3S/c1-16-4-9-24(33-14-20-7-8-21(28)11-17(20)2)22(10-16)23-15-34-27(29-23)30-12-18-5-6-19(13-30)25(18)26(31)32-3/h4,7-11,15,18-19,25H,5-6,12-14H2,1-3H3. The number of anilines is 1.